The molecular formula is C16H11N3. The first kappa shape index (κ1) is 10.3. The van der Waals surface area contributed by atoms with Gasteiger partial charge in [-0.2, -0.15) is 5.10 Å². The molecule has 0 unspecified atom stereocenters. The lowest BCUT2D eigenvalue weighted by Gasteiger charge is -1.94. The molecule has 0 aliphatic heterocycles. The summed E-state index contributed by atoms with van der Waals surface area (Å²) in [4.78, 5) is 0. The quantitative estimate of drug-likeness (QED) is 0.516. The molecule has 2 N–H and O–H groups in total. The Balaban J connectivity index is 2.25. The van der Waals surface area contributed by atoms with Crippen molar-refractivity contribution in [2.75, 3.05) is 5.73 Å². The van der Waals surface area contributed by atoms with Crippen molar-refractivity contribution in [3.05, 3.63) is 54.7 Å². The van der Waals surface area contributed by atoms with Crippen LogP contribution in [0.5, 0.6) is 0 Å². The number of anilines is 1. The highest BCUT2D eigenvalue weighted by atomic mass is 15.1. The van der Waals surface area contributed by atoms with E-state index in [0.29, 0.717) is 0 Å². The minimum atomic E-state index is 0.779. The Labute approximate surface area is 110 Å². The van der Waals surface area contributed by atoms with Crippen molar-refractivity contribution >= 4 is 27.4 Å². The van der Waals surface area contributed by atoms with Gasteiger partial charge in [0.2, 0.25) is 0 Å². The molecule has 2 aromatic rings. The summed E-state index contributed by atoms with van der Waals surface area (Å²) >= 11 is 0. The number of aromatic nitrogens is 2. The highest BCUT2D eigenvalue weighted by molar-refractivity contribution is 6.11. The molecule has 0 amide bonds. The fourth-order valence-corrected chi connectivity index (χ4v) is 2.61. The minimum absolute atomic E-state index is 0.779. The summed E-state index contributed by atoms with van der Waals surface area (Å²) in [6.07, 6.45) is 1.68. The van der Waals surface area contributed by atoms with Crippen LogP contribution < -0.4 is 5.73 Å². The Hall–Kier alpha value is -2.68. The number of benzene rings is 1. The highest BCUT2D eigenvalue weighted by Crippen LogP contribution is 2.40. The predicted molar refractivity (Wildman–Crippen MR) is 78.1 cm³/mol. The summed E-state index contributed by atoms with van der Waals surface area (Å²) in [5.41, 5.74) is 9.99. The molecule has 2 aliphatic carbocycles. The number of nitrogen functional groups attached to an aromatic ring is 1. The maximum absolute atomic E-state index is 6.25. The molecule has 90 valence electrons. The zero-order valence-electron chi connectivity index (χ0n) is 10.2. The average molecular weight is 245 g/mol. The number of nitrogens with zero attached hydrogens (tertiary/aromatic N) is 2. The normalized spacial score (nSPS) is 11.4. The van der Waals surface area contributed by atoms with Crippen LogP contribution in [-0.2, 0) is 0 Å². The van der Waals surface area contributed by atoms with Crippen LogP contribution in [0.2, 0.25) is 0 Å². The van der Waals surface area contributed by atoms with Gasteiger partial charge in [-0.05, 0) is 22.9 Å². The molecule has 0 saturated heterocycles. The maximum atomic E-state index is 6.25. The van der Waals surface area contributed by atoms with Gasteiger partial charge in [0.1, 0.15) is 5.52 Å². The molecule has 19 heavy (non-hydrogen) atoms. The van der Waals surface area contributed by atoms with Gasteiger partial charge in [0.15, 0.2) is 0 Å². The fraction of sp³-hybridized carbons (Fsp3) is 0. The van der Waals surface area contributed by atoms with Gasteiger partial charge in [0.25, 0.3) is 0 Å². The number of rotatable bonds is 0. The molecule has 1 heterocycles. The van der Waals surface area contributed by atoms with Crippen LogP contribution in [0.1, 0.15) is 0 Å². The monoisotopic (exact) mass is 245 g/mol. The van der Waals surface area contributed by atoms with Crippen LogP contribution in [0.15, 0.2) is 54.7 Å². The summed E-state index contributed by atoms with van der Waals surface area (Å²) in [6, 6.07) is 16.5. The van der Waals surface area contributed by atoms with Gasteiger partial charge in [-0.3, -0.25) is 0 Å². The lowest BCUT2D eigenvalue weighted by Crippen LogP contribution is -1.83. The van der Waals surface area contributed by atoms with Crippen molar-refractivity contribution in [3.8, 4) is 11.1 Å². The van der Waals surface area contributed by atoms with Crippen LogP contribution in [-0.4, -0.2) is 10.2 Å². The second kappa shape index (κ2) is 3.65. The highest BCUT2D eigenvalue weighted by Gasteiger charge is 2.16. The molecule has 1 aromatic carbocycles. The molecule has 0 spiro atoms. The molecule has 0 bridgehead atoms. The Morgan fingerprint density at radius 2 is 1.68 bits per heavy atom. The molecular weight excluding hydrogens is 234 g/mol. The van der Waals surface area contributed by atoms with Crippen molar-refractivity contribution in [1.29, 1.82) is 0 Å². The average Bonchev–Trinajstić information content (AvgIpc) is 2.63. The largest absolute Gasteiger partial charge is 0.398 e. The van der Waals surface area contributed by atoms with E-state index < -0.39 is 0 Å². The van der Waals surface area contributed by atoms with E-state index in [0.717, 1.165) is 27.7 Å². The minimum Gasteiger partial charge on any atom is -0.398 e. The first-order valence-electron chi connectivity index (χ1n) is 6.16. The third-order valence-electron chi connectivity index (χ3n) is 3.57. The lowest BCUT2D eigenvalue weighted by molar-refractivity contribution is 1.08. The molecule has 3 heteroatoms. The van der Waals surface area contributed by atoms with Crippen LogP contribution in [0.3, 0.4) is 0 Å². The van der Waals surface area contributed by atoms with Gasteiger partial charge in [-0.15, -0.1) is 5.10 Å². The zero-order chi connectivity index (χ0) is 12.8. The van der Waals surface area contributed by atoms with Crippen molar-refractivity contribution in [1.82, 2.24) is 10.2 Å². The van der Waals surface area contributed by atoms with E-state index in [-0.39, 0.29) is 0 Å². The van der Waals surface area contributed by atoms with Gasteiger partial charge < -0.3 is 5.73 Å². The first-order valence-corrected chi connectivity index (χ1v) is 6.16. The van der Waals surface area contributed by atoms with Crippen LogP contribution >= 0.6 is 0 Å². The molecule has 1 aromatic heterocycles. The second-order valence-electron chi connectivity index (χ2n) is 4.64. The Morgan fingerprint density at radius 3 is 2.58 bits per heavy atom. The fourth-order valence-electron chi connectivity index (χ4n) is 2.61. The van der Waals surface area contributed by atoms with E-state index in [1.165, 1.54) is 10.8 Å². The standard InChI is InChI=1S/C16H11N3/c17-15-13-7-8-18-19-16(13)12-6-5-10-3-1-2-4-11(10)9-14(12)15/h1-9H,17H2. The lowest BCUT2D eigenvalue weighted by atomic mass is 10.1. The van der Waals surface area contributed by atoms with E-state index in [4.69, 9.17) is 5.73 Å². The number of nitrogens with two attached hydrogens (primary N) is 1. The summed E-state index contributed by atoms with van der Waals surface area (Å²) in [6.45, 7) is 0. The number of hydrogen-bond donors (Lipinski definition) is 1. The van der Waals surface area contributed by atoms with Gasteiger partial charge >= 0.3 is 0 Å². The molecule has 0 fully saturated rings. The second-order valence-corrected chi connectivity index (χ2v) is 4.64. The molecule has 0 radical (unpaired) electrons. The van der Waals surface area contributed by atoms with Crippen LogP contribution in [0.25, 0.3) is 32.8 Å². The van der Waals surface area contributed by atoms with Crippen LogP contribution in [0, 0.1) is 0 Å². The molecule has 4 rings (SSSR count). The van der Waals surface area contributed by atoms with Crippen molar-refractivity contribution in [3.63, 3.8) is 0 Å². The summed E-state index contributed by atoms with van der Waals surface area (Å²) in [7, 11) is 0. The third kappa shape index (κ3) is 1.38. The Morgan fingerprint density at radius 1 is 0.842 bits per heavy atom. The molecule has 0 saturated carbocycles. The van der Waals surface area contributed by atoms with Gasteiger partial charge in [0.05, 0.1) is 6.20 Å². The maximum Gasteiger partial charge on any atom is 0.103 e. The predicted octanol–water partition coefficient (Wildman–Crippen LogP) is 3.47. The summed E-state index contributed by atoms with van der Waals surface area (Å²) in [5, 5.41) is 11.5. The van der Waals surface area contributed by atoms with E-state index in [9.17, 15) is 0 Å². The van der Waals surface area contributed by atoms with Crippen LogP contribution in [0.4, 0.5) is 5.69 Å². The Bertz CT molecular complexity index is 883. The first-order chi connectivity index (χ1) is 9.34. The van der Waals surface area contributed by atoms with E-state index in [2.05, 4.69) is 40.5 Å². The molecule has 2 aliphatic rings. The van der Waals surface area contributed by atoms with E-state index in [1.54, 1.807) is 6.20 Å². The van der Waals surface area contributed by atoms with Crippen molar-refractivity contribution < 1.29 is 0 Å². The van der Waals surface area contributed by atoms with Crippen molar-refractivity contribution in [2.45, 2.75) is 0 Å². The van der Waals surface area contributed by atoms with E-state index in [1.807, 2.05) is 18.2 Å². The van der Waals surface area contributed by atoms with Crippen molar-refractivity contribution in [2.24, 2.45) is 0 Å². The van der Waals surface area contributed by atoms with Gasteiger partial charge in [-0.25, -0.2) is 0 Å². The Kier molecular flexibility index (Phi) is 1.97. The SMILES string of the molecule is Nc1c2cc3ccccc3ccc-2c2nnccc12. The summed E-state index contributed by atoms with van der Waals surface area (Å²) in [5.74, 6) is 0. The van der Waals surface area contributed by atoms with E-state index >= 15 is 0 Å². The van der Waals surface area contributed by atoms with Gasteiger partial charge in [-0.1, -0.05) is 36.4 Å². The topological polar surface area (TPSA) is 51.8 Å². The zero-order valence-corrected chi connectivity index (χ0v) is 10.2. The van der Waals surface area contributed by atoms with Gasteiger partial charge in [0, 0.05) is 22.2 Å². The summed E-state index contributed by atoms with van der Waals surface area (Å²) < 4.78 is 0. The third-order valence-corrected chi connectivity index (χ3v) is 3.57. The molecule has 0 atom stereocenters. The smallest absolute Gasteiger partial charge is 0.103 e. The molecule has 3 nitrogen and oxygen atoms in total. The number of hydrogen-bond acceptors (Lipinski definition) is 3. The number of fused-ring (bicyclic) bond motifs is 4.